The summed E-state index contributed by atoms with van der Waals surface area (Å²) in [5, 5.41) is 0. The Morgan fingerprint density at radius 1 is 1.11 bits per heavy atom. The second-order valence-electron chi connectivity index (χ2n) is 3.90. The third kappa shape index (κ3) is 3.89. The highest BCUT2D eigenvalue weighted by atomic mass is 19.1. The Morgan fingerprint density at radius 3 is 2.58 bits per heavy atom. The lowest BCUT2D eigenvalue weighted by Crippen LogP contribution is -2.04. The third-order valence-corrected chi connectivity index (χ3v) is 2.50. The van der Waals surface area contributed by atoms with E-state index in [-0.39, 0.29) is 18.1 Å². The molecule has 0 amide bonds. The molecule has 2 rings (SSSR count). The highest BCUT2D eigenvalue weighted by molar-refractivity contribution is 5.74. The summed E-state index contributed by atoms with van der Waals surface area (Å²) in [6.45, 7) is 0.348. The fourth-order valence-corrected chi connectivity index (χ4v) is 1.55. The highest BCUT2D eigenvalue weighted by Crippen LogP contribution is 2.17. The van der Waals surface area contributed by atoms with Crippen molar-refractivity contribution in [1.29, 1.82) is 0 Å². The van der Waals surface area contributed by atoms with Crippen LogP contribution in [0, 0.1) is 5.82 Å². The van der Waals surface area contributed by atoms with Gasteiger partial charge in [0.2, 0.25) is 0 Å². The van der Waals surface area contributed by atoms with Crippen molar-refractivity contribution in [2.75, 3.05) is 6.79 Å². The second kappa shape index (κ2) is 6.66. The number of hydrogen-bond acceptors (Lipinski definition) is 3. The summed E-state index contributed by atoms with van der Waals surface area (Å²) in [6, 6.07) is 13.6. The first-order valence-corrected chi connectivity index (χ1v) is 5.79. The summed E-state index contributed by atoms with van der Waals surface area (Å²) < 4.78 is 23.9. The lowest BCUT2D eigenvalue weighted by molar-refractivity contribution is 0.00302. The Hall–Kier alpha value is -2.20. The molecule has 0 bridgehead atoms. The minimum absolute atomic E-state index is 0.0494. The number of rotatable bonds is 6. The maximum atomic E-state index is 13.4. The molecule has 2 aromatic carbocycles. The second-order valence-corrected chi connectivity index (χ2v) is 3.90. The van der Waals surface area contributed by atoms with Crippen LogP contribution in [-0.2, 0) is 11.3 Å². The van der Waals surface area contributed by atoms with Gasteiger partial charge in [-0.25, -0.2) is 4.39 Å². The first kappa shape index (κ1) is 13.2. The summed E-state index contributed by atoms with van der Waals surface area (Å²) in [4.78, 5) is 10.5. The molecule has 0 aliphatic heterocycles. The van der Waals surface area contributed by atoms with E-state index >= 15 is 0 Å². The fourth-order valence-electron chi connectivity index (χ4n) is 1.55. The molecule has 0 aromatic heterocycles. The zero-order valence-corrected chi connectivity index (χ0v) is 10.2. The van der Waals surface area contributed by atoms with E-state index in [0.29, 0.717) is 12.9 Å². The molecule has 0 aliphatic rings. The van der Waals surface area contributed by atoms with Crippen molar-refractivity contribution in [2.45, 2.75) is 6.61 Å². The quantitative estimate of drug-likeness (QED) is 0.454. The molecule has 98 valence electrons. The lowest BCUT2D eigenvalue weighted by atomic mass is 10.2. The topological polar surface area (TPSA) is 35.5 Å². The number of hydrogen-bond donors (Lipinski definition) is 0. The largest absolute Gasteiger partial charge is 0.464 e. The Labute approximate surface area is 110 Å². The van der Waals surface area contributed by atoms with Crippen LogP contribution in [-0.4, -0.2) is 13.1 Å². The average molecular weight is 260 g/mol. The zero-order chi connectivity index (χ0) is 13.5. The van der Waals surface area contributed by atoms with Gasteiger partial charge in [0.25, 0.3) is 0 Å². The van der Waals surface area contributed by atoms with Crippen LogP contribution in [0.1, 0.15) is 15.9 Å². The predicted octanol–water partition coefficient (Wildman–Crippen LogP) is 3.19. The molecule has 0 heterocycles. The molecule has 3 nitrogen and oxygen atoms in total. The molecule has 0 fully saturated rings. The molecular formula is C15H13FO3. The fraction of sp³-hybridized carbons (Fsp3) is 0.133. The van der Waals surface area contributed by atoms with E-state index in [4.69, 9.17) is 9.47 Å². The smallest absolute Gasteiger partial charge is 0.189 e. The van der Waals surface area contributed by atoms with Gasteiger partial charge in [-0.1, -0.05) is 30.3 Å². The molecule has 0 N–H and O–H groups in total. The molecule has 0 saturated carbocycles. The van der Waals surface area contributed by atoms with E-state index in [1.54, 1.807) is 0 Å². The van der Waals surface area contributed by atoms with Crippen LogP contribution in [0.25, 0.3) is 0 Å². The van der Waals surface area contributed by atoms with E-state index in [0.717, 1.165) is 11.6 Å². The lowest BCUT2D eigenvalue weighted by Gasteiger charge is -2.08. The molecule has 19 heavy (non-hydrogen) atoms. The summed E-state index contributed by atoms with van der Waals surface area (Å²) in [7, 11) is 0. The van der Waals surface area contributed by atoms with Crippen LogP contribution < -0.4 is 4.74 Å². The molecular weight excluding hydrogens is 247 g/mol. The summed E-state index contributed by atoms with van der Waals surface area (Å²) in [5.41, 5.74) is 1.29. The van der Waals surface area contributed by atoms with Crippen molar-refractivity contribution in [1.82, 2.24) is 0 Å². The number of halogens is 1. The molecule has 0 saturated heterocycles. The molecule has 4 heteroatoms. The number of benzene rings is 2. The predicted molar refractivity (Wildman–Crippen MR) is 68.5 cm³/mol. The third-order valence-electron chi connectivity index (χ3n) is 2.50. The van der Waals surface area contributed by atoms with Gasteiger partial charge in [-0.3, -0.25) is 4.79 Å². The van der Waals surface area contributed by atoms with Crippen LogP contribution in [0.15, 0.2) is 48.5 Å². The average Bonchev–Trinajstić information content (AvgIpc) is 2.46. The normalized spacial score (nSPS) is 10.2. The minimum atomic E-state index is -0.576. The maximum Gasteiger partial charge on any atom is 0.189 e. The Bertz CT molecular complexity index is 540. The summed E-state index contributed by atoms with van der Waals surface area (Å²) in [5.74, 6) is -0.508. The van der Waals surface area contributed by atoms with Gasteiger partial charge in [0.15, 0.2) is 18.4 Å². The number of aldehydes is 1. The maximum absolute atomic E-state index is 13.4. The Kier molecular flexibility index (Phi) is 4.64. The Balaban J connectivity index is 1.81. The van der Waals surface area contributed by atoms with Crippen LogP contribution in [0.5, 0.6) is 5.75 Å². The first-order chi connectivity index (χ1) is 9.29. The van der Waals surface area contributed by atoms with Crippen molar-refractivity contribution in [3.8, 4) is 5.75 Å². The van der Waals surface area contributed by atoms with Gasteiger partial charge in [0.1, 0.15) is 6.29 Å². The van der Waals surface area contributed by atoms with Crippen molar-refractivity contribution >= 4 is 6.29 Å². The van der Waals surface area contributed by atoms with E-state index in [9.17, 15) is 9.18 Å². The molecule has 0 atom stereocenters. The van der Waals surface area contributed by atoms with Gasteiger partial charge in [0.05, 0.1) is 6.61 Å². The molecule has 0 radical (unpaired) electrons. The van der Waals surface area contributed by atoms with Crippen molar-refractivity contribution in [2.24, 2.45) is 0 Å². The molecule has 0 spiro atoms. The monoisotopic (exact) mass is 260 g/mol. The number of carbonyl (C=O) groups excluding carboxylic acids is 1. The summed E-state index contributed by atoms with van der Waals surface area (Å²) in [6.07, 6.45) is 0.582. The van der Waals surface area contributed by atoms with Crippen molar-refractivity contribution in [3.05, 3.63) is 65.5 Å². The van der Waals surface area contributed by atoms with Crippen LogP contribution in [0.3, 0.4) is 0 Å². The Morgan fingerprint density at radius 2 is 1.89 bits per heavy atom. The minimum Gasteiger partial charge on any atom is -0.464 e. The van der Waals surface area contributed by atoms with Crippen molar-refractivity contribution in [3.63, 3.8) is 0 Å². The standard InChI is InChI=1S/C15H13FO3/c16-14-8-13(9-17)6-7-15(14)19-11-18-10-12-4-2-1-3-5-12/h1-9H,10-11H2. The van der Waals surface area contributed by atoms with E-state index < -0.39 is 5.82 Å². The van der Waals surface area contributed by atoms with E-state index in [2.05, 4.69) is 0 Å². The number of ether oxygens (including phenoxy) is 2. The van der Waals surface area contributed by atoms with Gasteiger partial charge >= 0.3 is 0 Å². The molecule has 2 aromatic rings. The highest BCUT2D eigenvalue weighted by Gasteiger charge is 2.04. The van der Waals surface area contributed by atoms with Crippen molar-refractivity contribution < 1.29 is 18.7 Å². The first-order valence-electron chi connectivity index (χ1n) is 5.79. The van der Waals surface area contributed by atoms with Crippen LogP contribution in [0.2, 0.25) is 0 Å². The zero-order valence-electron chi connectivity index (χ0n) is 10.2. The molecule has 0 aliphatic carbocycles. The van der Waals surface area contributed by atoms with Gasteiger partial charge in [-0.05, 0) is 23.8 Å². The van der Waals surface area contributed by atoms with Gasteiger partial charge in [-0.2, -0.15) is 0 Å². The molecule has 0 unspecified atom stereocenters. The SMILES string of the molecule is O=Cc1ccc(OCOCc2ccccc2)c(F)c1. The van der Waals surface area contributed by atoms with Crippen LogP contribution >= 0.6 is 0 Å². The van der Waals surface area contributed by atoms with E-state index in [1.807, 2.05) is 30.3 Å². The number of carbonyl (C=O) groups is 1. The van der Waals surface area contributed by atoms with Gasteiger partial charge < -0.3 is 9.47 Å². The van der Waals surface area contributed by atoms with Crippen LogP contribution in [0.4, 0.5) is 4.39 Å². The van der Waals surface area contributed by atoms with Gasteiger partial charge in [0, 0.05) is 5.56 Å². The summed E-state index contributed by atoms with van der Waals surface area (Å²) >= 11 is 0. The van der Waals surface area contributed by atoms with E-state index in [1.165, 1.54) is 12.1 Å². The van der Waals surface area contributed by atoms with Gasteiger partial charge in [-0.15, -0.1) is 0 Å².